The number of ether oxygens (including phenoxy) is 2. The van der Waals surface area contributed by atoms with Gasteiger partial charge < -0.3 is 9.47 Å². The van der Waals surface area contributed by atoms with Crippen LogP contribution in [0.15, 0.2) is 12.7 Å². The van der Waals surface area contributed by atoms with Crippen molar-refractivity contribution in [2.24, 2.45) is 23.7 Å². The van der Waals surface area contributed by atoms with Crippen molar-refractivity contribution in [1.82, 2.24) is 0 Å². The average molecular weight is 405 g/mol. The molecule has 4 heteroatoms. The third-order valence-corrected chi connectivity index (χ3v) is 7.67. The maximum Gasteiger partial charge on any atom is 0.330 e. The third-order valence-electron chi connectivity index (χ3n) is 7.67. The van der Waals surface area contributed by atoms with E-state index in [1.54, 1.807) is 0 Å². The Kier molecular flexibility index (Phi) is 9.07. The quantitative estimate of drug-likeness (QED) is 0.283. The smallest absolute Gasteiger partial charge is 0.330 e. The van der Waals surface area contributed by atoms with Gasteiger partial charge in [-0.15, -0.1) is 0 Å². The van der Waals surface area contributed by atoms with Crippen molar-refractivity contribution in [2.45, 2.75) is 102 Å². The van der Waals surface area contributed by atoms with E-state index in [-0.39, 0.29) is 24.0 Å². The highest BCUT2D eigenvalue weighted by molar-refractivity contribution is 5.81. The molecule has 0 aromatic heterocycles. The molecular weight excluding hydrogens is 364 g/mol. The molecule has 3 saturated carbocycles. The van der Waals surface area contributed by atoms with Crippen LogP contribution in [0.25, 0.3) is 0 Å². The summed E-state index contributed by atoms with van der Waals surface area (Å²) in [7, 11) is 0. The minimum atomic E-state index is -0.313. The highest BCUT2D eigenvalue weighted by atomic mass is 16.5. The van der Waals surface area contributed by atoms with E-state index in [2.05, 4.69) is 6.58 Å². The predicted octanol–water partition coefficient (Wildman–Crippen LogP) is 5.98. The zero-order chi connectivity index (χ0) is 20.5. The Balaban J connectivity index is 1.29. The average Bonchev–Trinajstić information content (AvgIpc) is 2.77. The maximum absolute atomic E-state index is 12.5. The summed E-state index contributed by atoms with van der Waals surface area (Å²) in [6.07, 6.45) is 19.2. The number of carbonyl (C=O) groups is 2. The molecule has 3 fully saturated rings. The first-order chi connectivity index (χ1) is 14.2. The SMILES string of the molecule is C=CC(=O)OCCCC1CCC(C2CCC(C(=O)OC3CCCCC3)CC2)CC1. The molecule has 3 aliphatic carbocycles. The van der Waals surface area contributed by atoms with Crippen molar-refractivity contribution in [3.8, 4) is 0 Å². The van der Waals surface area contributed by atoms with E-state index in [9.17, 15) is 9.59 Å². The van der Waals surface area contributed by atoms with Gasteiger partial charge >= 0.3 is 11.9 Å². The Bertz CT molecular complexity index is 521. The fourth-order valence-electron chi connectivity index (χ4n) is 5.82. The number of carbonyl (C=O) groups excluding carboxylic acids is 2. The molecule has 0 radical (unpaired) electrons. The molecule has 0 N–H and O–H groups in total. The standard InChI is InChI=1S/C25H40O4/c1-2-24(26)28-18-6-7-19-10-12-20(13-11-19)21-14-16-22(17-15-21)25(27)29-23-8-4-3-5-9-23/h2,19-23H,1,3-18H2. The van der Waals surface area contributed by atoms with Gasteiger partial charge in [0, 0.05) is 6.08 Å². The molecule has 0 bridgehead atoms. The number of rotatable bonds is 8. The Morgan fingerprint density at radius 3 is 2.07 bits per heavy atom. The first kappa shape index (κ1) is 22.4. The normalized spacial score (nSPS) is 31.0. The van der Waals surface area contributed by atoms with Gasteiger partial charge in [0.05, 0.1) is 12.5 Å². The molecule has 164 valence electrons. The Labute approximate surface area is 176 Å². The molecule has 0 heterocycles. The van der Waals surface area contributed by atoms with Crippen LogP contribution in [0.2, 0.25) is 0 Å². The molecule has 0 unspecified atom stereocenters. The lowest BCUT2D eigenvalue weighted by Gasteiger charge is -2.37. The second-order valence-electron chi connectivity index (χ2n) is 9.60. The zero-order valence-corrected chi connectivity index (χ0v) is 18.1. The largest absolute Gasteiger partial charge is 0.463 e. The molecule has 4 nitrogen and oxygen atoms in total. The van der Waals surface area contributed by atoms with Gasteiger partial charge in [0.15, 0.2) is 0 Å². The molecule has 0 aromatic rings. The summed E-state index contributed by atoms with van der Waals surface area (Å²) in [6, 6.07) is 0. The first-order valence-electron chi connectivity index (χ1n) is 12.2. The van der Waals surface area contributed by atoms with E-state index in [1.165, 1.54) is 63.9 Å². The molecule has 3 rings (SSSR count). The van der Waals surface area contributed by atoms with E-state index in [0.29, 0.717) is 6.61 Å². The van der Waals surface area contributed by atoms with Gasteiger partial charge in [-0.25, -0.2) is 4.79 Å². The molecule has 3 aliphatic rings. The van der Waals surface area contributed by atoms with Crippen molar-refractivity contribution in [3.63, 3.8) is 0 Å². The van der Waals surface area contributed by atoms with Gasteiger partial charge in [-0.2, -0.15) is 0 Å². The van der Waals surface area contributed by atoms with Crippen LogP contribution in [0.5, 0.6) is 0 Å². The Morgan fingerprint density at radius 2 is 1.45 bits per heavy atom. The molecule has 29 heavy (non-hydrogen) atoms. The molecule has 0 aromatic carbocycles. The molecule has 0 amide bonds. The first-order valence-corrected chi connectivity index (χ1v) is 12.2. The lowest BCUT2D eigenvalue weighted by atomic mass is 9.68. The van der Waals surface area contributed by atoms with Crippen LogP contribution in [-0.2, 0) is 19.1 Å². The summed E-state index contributed by atoms with van der Waals surface area (Å²) in [5, 5.41) is 0. The Morgan fingerprint density at radius 1 is 0.828 bits per heavy atom. The predicted molar refractivity (Wildman–Crippen MR) is 114 cm³/mol. The topological polar surface area (TPSA) is 52.6 Å². The minimum Gasteiger partial charge on any atom is -0.463 e. The van der Waals surface area contributed by atoms with Crippen molar-refractivity contribution in [2.75, 3.05) is 6.61 Å². The van der Waals surface area contributed by atoms with Crippen LogP contribution in [0, 0.1) is 23.7 Å². The summed E-state index contributed by atoms with van der Waals surface area (Å²) in [6.45, 7) is 3.94. The summed E-state index contributed by atoms with van der Waals surface area (Å²) < 4.78 is 10.9. The summed E-state index contributed by atoms with van der Waals surface area (Å²) >= 11 is 0. The highest BCUT2D eigenvalue weighted by Crippen LogP contribution is 2.42. The molecule has 0 saturated heterocycles. The van der Waals surface area contributed by atoms with Crippen molar-refractivity contribution in [1.29, 1.82) is 0 Å². The van der Waals surface area contributed by atoms with E-state index in [0.717, 1.165) is 56.3 Å². The van der Waals surface area contributed by atoms with Gasteiger partial charge in [0.2, 0.25) is 0 Å². The summed E-state index contributed by atoms with van der Waals surface area (Å²) in [5.41, 5.74) is 0. The molecule has 0 aliphatic heterocycles. The van der Waals surface area contributed by atoms with Gasteiger partial charge in [0.1, 0.15) is 6.10 Å². The fraction of sp³-hybridized carbons (Fsp3) is 0.840. The molecular formula is C25H40O4. The third kappa shape index (κ3) is 7.15. The second-order valence-corrected chi connectivity index (χ2v) is 9.60. The number of hydrogen-bond donors (Lipinski definition) is 0. The monoisotopic (exact) mass is 404 g/mol. The van der Waals surface area contributed by atoms with Crippen LogP contribution in [0.4, 0.5) is 0 Å². The maximum atomic E-state index is 12.5. The van der Waals surface area contributed by atoms with E-state index in [1.807, 2.05) is 0 Å². The van der Waals surface area contributed by atoms with E-state index in [4.69, 9.17) is 9.47 Å². The van der Waals surface area contributed by atoms with Crippen LogP contribution in [0.3, 0.4) is 0 Å². The van der Waals surface area contributed by atoms with E-state index >= 15 is 0 Å². The second kappa shape index (κ2) is 11.8. The van der Waals surface area contributed by atoms with Crippen LogP contribution < -0.4 is 0 Å². The van der Waals surface area contributed by atoms with Crippen molar-refractivity contribution in [3.05, 3.63) is 12.7 Å². The van der Waals surface area contributed by atoms with Crippen LogP contribution in [-0.4, -0.2) is 24.6 Å². The van der Waals surface area contributed by atoms with Crippen LogP contribution in [0.1, 0.15) is 96.3 Å². The fourth-order valence-corrected chi connectivity index (χ4v) is 5.82. The van der Waals surface area contributed by atoms with Gasteiger partial charge in [-0.1, -0.05) is 25.8 Å². The lowest BCUT2D eigenvalue weighted by molar-refractivity contribution is -0.157. The summed E-state index contributed by atoms with van der Waals surface area (Å²) in [4.78, 5) is 23.6. The molecule has 0 spiro atoms. The van der Waals surface area contributed by atoms with Gasteiger partial charge in [-0.05, 0) is 94.8 Å². The summed E-state index contributed by atoms with van der Waals surface area (Å²) in [5.74, 6) is 2.38. The number of hydrogen-bond acceptors (Lipinski definition) is 4. The van der Waals surface area contributed by atoms with Gasteiger partial charge in [0.25, 0.3) is 0 Å². The zero-order valence-electron chi connectivity index (χ0n) is 18.1. The van der Waals surface area contributed by atoms with Crippen LogP contribution >= 0.6 is 0 Å². The van der Waals surface area contributed by atoms with Crippen molar-refractivity contribution < 1.29 is 19.1 Å². The van der Waals surface area contributed by atoms with E-state index < -0.39 is 0 Å². The Hall–Kier alpha value is -1.32. The minimum absolute atomic E-state index is 0.0937. The van der Waals surface area contributed by atoms with Gasteiger partial charge in [-0.3, -0.25) is 4.79 Å². The number of esters is 2. The highest BCUT2D eigenvalue weighted by Gasteiger charge is 2.34. The van der Waals surface area contributed by atoms with Crippen molar-refractivity contribution >= 4 is 11.9 Å². The molecule has 0 atom stereocenters. The lowest BCUT2D eigenvalue weighted by Crippen LogP contribution is -2.31.